The summed E-state index contributed by atoms with van der Waals surface area (Å²) in [5, 5.41) is 5.41. The minimum atomic E-state index is -0.124. The number of aromatic nitrogens is 6. The van der Waals surface area contributed by atoms with Gasteiger partial charge in [0, 0.05) is 30.3 Å². The Hall–Kier alpha value is -3.72. The van der Waals surface area contributed by atoms with Gasteiger partial charge in [0.1, 0.15) is 11.2 Å². The summed E-state index contributed by atoms with van der Waals surface area (Å²) in [6.07, 6.45) is 5.73. The molecule has 0 radical (unpaired) electrons. The van der Waals surface area contributed by atoms with Crippen molar-refractivity contribution < 1.29 is 0 Å². The maximum atomic E-state index is 13.4. The maximum Gasteiger partial charge on any atom is 0.284 e. The lowest BCUT2D eigenvalue weighted by atomic mass is 10.1. The van der Waals surface area contributed by atoms with Crippen LogP contribution in [0.15, 0.2) is 69.5 Å². The van der Waals surface area contributed by atoms with Crippen molar-refractivity contribution in [3.05, 3.63) is 92.4 Å². The van der Waals surface area contributed by atoms with E-state index in [0.717, 1.165) is 54.3 Å². The highest BCUT2D eigenvalue weighted by Crippen LogP contribution is 2.31. The lowest BCUT2D eigenvalue weighted by Gasteiger charge is -2.17. The molecule has 0 unspecified atom stereocenters. The first kappa shape index (κ1) is 21.8. The first-order chi connectivity index (χ1) is 17.1. The molecule has 35 heavy (non-hydrogen) atoms. The van der Waals surface area contributed by atoms with Crippen molar-refractivity contribution in [2.75, 3.05) is 0 Å². The van der Waals surface area contributed by atoms with Gasteiger partial charge in [-0.2, -0.15) is 4.68 Å². The third-order valence-electron chi connectivity index (χ3n) is 6.46. The number of para-hydroxylation sites is 1. The third kappa shape index (κ3) is 3.85. The number of aryl methyl sites for hydroxylation is 1. The number of nitrogens with zero attached hydrogens (tertiary/aromatic N) is 6. The number of benzene rings is 1. The van der Waals surface area contributed by atoms with Gasteiger partial charge in [0.25, 0.3) is 11.1 Å². The maximum absolute atomic E-state index is 13.4. The van der Waals surface area contributed by atoms with E-state index < -0.39 is 0 Å². The molecule has 0 fully saturated rings. The van der Waals surface area contributed by atoms with Gasteiger partial charge in [0.15, 0.2) is 11.0 Å². The van der Waals surface area contributed by atoms with E-state index in [2.05, 4.69) is 9.67 Å². The Labute approximate surface area is 205 Å². The van der Waals surface area contributed by atoms with Gasteiger partial charge in [-0.3, -0.25) is 14.0 Å². The van der Waals surface area contributed by atoms with Crippen LogP contribution in [0.4, 0.5) is 0 Å². The minimum Gasteiger partial charge on any atom is -0.324 e. The van der Waals surface area contributed by atoms with Crippen LogP contribution in [0.5, 0.6) is 0 Å². The second kappa shape index (κ2) is 8.81. The van der Waals surface area contributed by atoms with Crippen LogP contribution in [0.3, 0.4) is 0 Å². The summed E-state index contributed by atoms with van der Waals surface area (Å²) in [5.41, 5.74) is 4.45. The van der Waals surface area contributed by atoms with E-state index >= 15 is 0 Å². The molecule has 3 aliphatic heterocycles. The molecule has 9 heteroatoms. The molecule has 0 bridgehead atoms. The lowest BCUT2D eigenvalue weighted by Crippen LogP contribution is -2.19. The van der Waals surface area contributed by atoms with Crippen LogP contribution in [0.2, 0.25) is 0 Å². The Kier molecular flexibility index (Phi) is 5.49. The average molecular weight is 485 g/mol. The molecule has 1 aromatic carbocycles. The molecule has 2 aromatic heterocycles. The largest absolute Gasteiger partial charge is 0.324 e. The van der Waals surface area contributed by atoms with Gasteiger partial charge < -0.3 is 4.57 Å². The van der Waals surface area contributed by atoms with Gasteiger partial charge in [-0.1, -0.05) is 42.4 Å². The molecule has 176 valence electrons. The van der Waals surface area contributed by atoms with Gasteiger partial charge in [-0.25, -0.2) is 9.97 Å². The van der Waals surface area contributed by atoms with Gasteiger partial charge >= 0.3 is 0 Å². The molecule has 3 aliphatic rings. The molecule has 0 saturated heterocycles. The SMILES string of the molecule is Cc1cccn2c(=O)cc(CSc3nc4nn(-c5ccccc5)c(=O)c-4c4n3CCCCC4)nc12. The van der Waals surface area contributed by atoms with Crippen molar-refractivity contribution >= 4 is 17.4 Å². The zero-order valence-electron chi connectivity index (χ0n) is 19.3. The van der Waals surface area contributed by atoms with Crippen molar-refractivity contribution in [3.8, 4) is 17.1 Å². The van der Waals surface area contributed by atoms with Crippen LogP contribution < -0.4 is 11.1 Å². The molecule has 8 nitrogen and oxygen atoms in total. The van der Waals surface area contributed by atoms with E-state index in [1.54, 1.807) is 16.7 Å². The fourth-order valence-electron chi connectivity index (χ4n) is 4.73. The number of pyridine rings is 1. The number of thioether (sulfide) groups is 1. The second-order valence-corrected chi connectivity index (χ2v) is 9.76. The molecular weight excluding hydrogens is 460 g/mol. The molecule has 5 heterocycles. The molecule has 0 N–H and O–H groups in total. The van der Waals surface area contributed by atoms with Crippen LogP contribution in [0.25, 0.3) is 22.7 Å². The van der Waals surface area contributed by atoms with E-state index in [1.165, 1.54) is 16.4 Å². The summed E-state index contributed by atoms with van der Waals surface area (Å²) in [6.45, 7) is 2.76. The van der Waals surface area contributed by atoms with Gasteiger partial charge in [-0.15, -0.1) is 5.10 Å². The van der Waals surface area contributed by atoms with E-state index in [4.69, 9.17) is 9.97 Å². The van der Waals surface area contributed by atoms with Gasteiger partial charge in [0.2, 0.25) is 0 Å². The Bertz CT molecular complexity index is 1640. The molecular formula is C26H24N6O2S. The van der Waals surface area contributed by atoms with Crippen LogP contribution in [0, 0.1) is 6.92 Å². The van der Waals surface area contributed by atoms with E-state index in [9.17, 15) is 9.59 Å². The zero-order valence-corrected chi connectivity index (χ0v) is 20.2. The number of hydrogen-bond donors (Lipinski definition) is 0. The highest BCUT2D eigenvalue weighted by Gasteiger charge is 2.27. The summed E-state index contributed by atoms with van der Waals surface area (Å²) in [6, 6.07) is 14.8. The van der Waals surface area contributed by atoms with Crippen LogP contribution in [-0.4, -0.2) is 28.7 Å². The van der Waals surface area contributed by atoms with Crippen molar-refractivity contribution in [3.63, 3.8) is 0 Å². The quantitative estimate of drug-likeness (QED) is 0.284. The average Bonchev–Trinajstić information content (AvgIpc) is 3.03. The van der Waals surface area contributed by atoms with Crippen molar-refractivity contribution in [2.45, 2.75) is 50.1 Å². The van der Waals surface area contributed by atoms with Crippen LogP contribution in [0.1, 0.15) is 36.2 Å². The molecule has 0 spiro atoms. The summed E-state index contributed by atoms with van der Waals surface area (Å²) >= 11 is 1.54. The Balaban J connectivity index is 1.44. The monoisotopic (exact) mass is 484 g/mol. The Morgan fingerprint density at radius 2 is 1.86 bits per heavy atom. The molecule has 6 rings (SSSR count). The van der Waals surface area contributed by atoms with Crippen molar-refractivity contribution in [1.29, 1.82) is 0 Å². The molecule has 0 saturated carbocycles. The number of fused-ring (bicyclic) bond motifs is 4. The van der Waals surface area contributed by atoms with E-state index in [1.807, 2.05) is 49.4 Å². The lowest BCUT2D eigenvalue weighted by molar-refractivity contribution is 0.571. The van der Waals surface area contributed by atoms with E-state index in [0.29, 0.717) is 28.5 Å². The first-order valence-corrected chi connectivity index (χ1v) is 12.8. The van der Waals surface area contributed by atoms with Crippen molar-refractivity contribution in [2.24, 2.45) is 0 Å². The fourth-order valence-corrected chi connectivity index (χ4v) is 5.66. The molecule has 3 aromatic rings. The Morgan fingerprint density at radius 3 is 2.71 bits per heavy atom. The molecule has 0 aliphatic carbocycles. The predicted molar refractivity (Wildman–Crippen MR) is 136 cm³/mol. The zero-order chi connectivity index (χ0) is 23.9. The topological polar surface area (TPSA) is 87.1 Å². The fraction of sp³-hybridized carbons (Fsp3) is 0.269. The first-order valence-electron chi connectivity index (χ1n) is 11.8. The minimum absolute atomic E-state index is 0.0956. The van der Waals surface area contributed by atoms with Crippen LogP contribution >= 0.6 is 11.8 Å². The highest BCUT2D eigenvalue weighted by molar-refractivity contribution is 7.98. The number of hydrogen-bond acceptors (Lipinski definition) is 6. The van der Waals surface area contributed by atoms with Gasteiger partial charge in [-0.05, 0) is 49.9 Å². The number of rotatable bonds is 4. The molecule has 0 atom stereocenters. The van der Waals surface area contributed by atoms with Gasteiger partial charge in [0.05, 0.1) is 11.4 Å². The highest BCUT2D eigenvalue weighted by atomic mass is 32.2. The smallest absolute Gasteiger partial charge is 0.284 e. The van der Waals surface area contributed by atoms with Crippen LogP contribution in [-0.2, 0) is 18.7 Å². The normalized spacial score (nSPS) is 13.7. The summed E-state index contributed by atoms with van der Waals surface area (Å²) in [4.78, 5) is 35.6. The summed E-state index contributed by atoms with van der Waals surface area (Å²) < 4.78 is 5.20. The third-order valence-corrected chi connectivity index (χ3v) is 7.47. The predicted octanol–water partition coefficient (Wildman–Crippen LogP) is 3.87. The Morgan fingerprint density at radius 1 is 1.00 bits per heavy atom. The summed E-state index contributed by atoms with van der Waals surface area (Å²) in [7, 11) is 0. The van der Waals surface area contributed by atoms with E-state index in [-0.39, 0.29) is 11.1 Å². The molecule has 0 amide bonds. The summed E-state index contributed by atoms with van der Waals surface area (Å²) in [5.74, 6) is 0.971. The van der Waals surface area contributed by atoms with Crippen molar-refractivity contribution in [1.82, 2.24) is 28.7 Å². The standard InChI is InChI=1S/C26H24N6O2S/c1-17-9-8-14-31-21(33)15-18(27-24(17)31)16-35-26-28-23-22(20-12-6-3-7-13-30(20)26)25(34)32(29-23)19-10-4-2-5-11-19/h2,4-5,8-11,14-15H,3,6-7,12-13,16H2,1H3. The second-order valence-electron chi connectivity index (χ2n) is 8.81.